The number of furan rings is 1. The van der Waals surface area contributed by atoms with Crippen molar-refractivity contribution in [2.45, 2.75) is 12.5 Å². The Morgan fingerprint density at radius 1 is 1.21 bits per heavy atom. The molecule has 3 aromatic rings. The molecule has 1 aromatic carbocycles. The van der Waals surface area contributed by atoms with Crippen LogP contribution >= 0.6 is 11.3 Å². The number of phenolic OH excluding ortho intramolecular Hbond substituents is 1. The van der Waals surface area contributed by atoms with E-state index < -0.39 is 0 Å². The van der Waals surface area contributed by atoms with Gasteiger partial charge in [0.2, 0.25) is 0 Å². The Morgan fingerprint density at radius 3 is 2.71 bits per heavy atom. The smallest absolute Gasteiger partial charge is 0.284 e. The molecule has 3 heterocycles. The van der Waals surface area contributed by atoms with Crippen LogP contribution in [0.25, 0.3) is 0 Å². The van der Waals surface area contributed by atoms with Crippen LogP contribution in [0.4, 0.5) is 0 Å². The highest BCUT2D eigenvalue weighted by molar-refractivity contribution is 7.12. The van der Waals surface area contributed by atoms with E-state index in [1.54, 1.807) is 36.6 Å². The minimum Gasteiger partial charge on any atom is -0.508 e. The van der Waals surface area contributed by atoms with E-state index in [1.807, 2.05) is 23.6 Å². The summed E-state index contributed by atoms with van der Waals surface area (Å²) in [5.41, 5.74) is 1.67. The second-order valence-electron chi connectivity index (χ2n) is 5.46. The quantitative estimate of drug-likeness (QED) is 0.784. The molecule has 6 heteroatoms. The van der Waals surface area contributed by atoms with Crippen molar-refractivity contribution in [1.29, 1.82) is 0 Å². The van der Waals surface area contributed by atoms with Gasteiger partial charge in [0, 0.05) is 6.42 Å². The summed E-state index contributed by atoms with van der Waals surface area (Å²) in [6.45, 7) is 0. The van der Waals surface area contributed by atoms with E-state index in [-0.39, 0.29) is 17.7 Å². The first-order chi connectivity index (χ1) is 11.7. The Balaban J connectivity index is 1.71. The molecule has 1 N–H and O–H groups in total. The lowest BCUT2D eigenvalue weighted by atomic mass is 10.0. The first-order valence-electron chi connectivity index (χ1n) is 7.50. The highest BCUT2D eigenvalue weighted by Crippen LogP contribution is 2.34. The molecule has 0 spiro atoms. The lowest BCUT2D eigenvalue weighted by molar-refractivity contribution is 0.0698. The van der Waals surface area contributed by atoms with E-state index in [9.17, 15) is 9.90 Å². The summed E-state index contributed by atoms with van der Waals surface area (Å²) in [5.74, 6) is 0.768. The fourth-order valence-corrected chi connectivity index (χ4v) is 3.40. The maximum atomic E-state index is 12.8. The monoisotopic (exact) mass is 338 g/mol. The Bertz CT molecular complexity index is 868. The number of amides is 1. The highest BCUT2D eigenvalue weighted by Gasteiger charge is 2.35. The van der Waals surface area contributed by atoms with Crippen molar-refractivity contribution in [3.63, 3.8) is 0 Å². The highest BCUT2D eigenvalue weighted by atomic mass is 32.1. The summed E-state index contributed by atoms with van der Waals surface area (Å²) in [4.78, 5) is 13.4. The number of hydrogen-bond donors (Lipinski definition) is 1. The van der Waals surface area contributed by atoms with Gasteiger partial charge in [-0.2, -0.15) is 5.10 Å². The van der Waals surface area contributed by atoms with Crippen molar-refractivity contribution in [3.05, 3.63) is 76.4 Å². The maximum absolute atomic E-state index is 12.8. The van der Waals surface area contributed by atoms with Gasteiger partial charge in [-0.25, -0.2) is 5.01 Å². The van der Waals surface area contributed by atoms with Gasteiger partial charge in [-0.3, -0.25) is 4.79 Å². The molecule has 0 aliphatic carbocycles. The van der Waals surface area contributed by atoms with Crippen LogP contribution in [0.3, 0.4) is 0 Å². The average Bonchev–Trinajstić information content (AvgIpc) is 3.34. The molecular weight excluding hydrogens is 324 g/mol. The molecule has 1 unspecified atom stereocenters. The number of hydrogen-bond acceptors (Lipinski definition) is 5. The third-order valence-corrected chi connectivity index (χ3v) is 4.78. The largest absolute Gasteiger partial charge is 0.508 e. The summed E-state index contributed by atoms with van der Waals surface area (Å²) < 4.78 is 5.51. The second kappa shape index (κ2) is 5.98. The van der Waals surface area contributed by atoms with Gasteiger partial charge >= 0.3 is 0 Å². The normalized spacial score (nSPS) is 17.1. The number of nitrogens with zero attached hydrogens (tertiary/aromatic N) is 2. The number of carbonyl (C=O) groups is 1. The summed E-state index contributed by atoms with van der Waals surface area (Å²) >= 11 is 1.39. The van der Waals surface area contributed by atoms with Gasteiger partial charge in [0.25, 0.3) is 5.91 Å². The fourth-order valence-electron chi connectivity index (χ4n) is 2.74. The van der Waals surface area contributed by atoms with Crippen molar-refractivity contribution in [2.75, 3.05) is 0 Å². The van der Waals surface area contributed by atoms with Crippen LogP contribution < -0.4 is 0 Å². The molecule has 1 atom stereocenters. The average molecular weight is 338 g/mol. The van der Waals surface area contributed by atoms with Crippen molar-refractivity contribution >= 4 is 23.0 Å². The molecule has 1 amide bonds. The lowest BCUT2D eigenvalue weighted by Crippen LogP contribution is -2.26. The number of phenols is 1. The van der Waals surface area contributed by atoms with Crippen LogP contribution in [-0.4, -0.2) is 21.7 Å². The van der Waals surface area contributed by atoms with Gasteiger partial charge in [-0.05, 0) is 53.4 Å². The summed E-state index contributed by atoms with van der Waals surface area (Å²) in [6, 6.07) is 13.9. The molecule has 4 rings (SSSR count). The zero-order valence-electron chi connectivity index (χ0n) is 12.6. The zero-order valence-corrected chi connectivity index (χ0v) is 13.4. The van der Waals surface area contributed by atoms with E-state index in [0.717, 1.165) is 11.3 Å². The van der Waals surface area contributed by atoms with E-state index in [0.29, 0.717) is 17.1 Å². The lowest BCUT2D eigenvalue weighted by Gasteiger charge is -2.18. The molecule has 0 bridgehead atoms. The number of aromatic hydroxyl groups is 1. The summed E-state index contributed by atoms with van der Waals surface area (Å²) in [5, 5.41) is 17.4. The molecule has 1 aliphatic heterocycles. The van der Waals surface area contributed by atoms with Gasteiger partial charge in [-0.1, -0.05) is 6.07 Å². The van der Waals surface area contributed by atoms with Gasteiger partial charge < -0.3 is 9.52 Å². The SMILES string of the molecule is O=C(c1cccs1)N1N=C(c2ccc(O)cc2)CC1c1ccco1. The standard InChI is InChI=1S/C18H14N2O3S/c21-13-7-5-12(6-8-13)14-11-15(16-3-1-9-23-16)20(19-14)18(22)17-4-2-10-24-17/h1-10,15,21H,11H2. The molecule has 1 aliphatic rings. The third kappa shape index (κ3) is 2.61. The predicted molar refractivity (Wildman–Crippen MR) is 91.2 cm³/mol. The Labute approximate surface area is 142 Å². The number of thiophene rings is 1. The minimum atomic E-state index is -0.265. The van der Waals surface area contributed by atoms with E-state index in [2.05, 4.69) is 5.10 Å². The Morgan fingerprint density at radius 2 is 2.04 bits per heavy atom. The number of hydrazone groups is 1. The van der Waals surface area contributed by atoms with Crippen molar-refractivity contribution in [3.8, 4) is 5.75 Å². The van der Waals surface area contributed by atoms with Gasteiger partial charge in [0.1, 0.15) is 17.6 Å². The number of carbonyl (C=O) groups excluding carboxylic acids is 1. The minimum absolute atomic E-state index is 0.139. The first-order valence-corrected chi connectivity index (χ1v) is 8.37. The first kappa shape index (κ1) is 14.7. The van der Waals surface area contributed by atoms with Crippen LogP contribution in [0.15, 0.2) is 69.7 Å². The molecule has 5 nitrogen and oxygen atoms in total. The van der Waals surface area contributed by atoms with Crippen LogP contribution in [0.2, 0.25) is 0 Å². The van der Waals surface area contributed by atoms with Crippen LogP contribution in [0.1, 0.15) is 33.5 Å². The maximum Gasteiger partial charge on any atom is 0.284 e. The van der Waals surface area contributed by atoms with Crippen LogP contribution in [0, 0.1) is 0 Å². The molecule has 0 saturated heterocycles. The molecule has 120 valence electrons. The second-order valence-corrected chi connectivity index (χ2v) is 6.40. The topological polar surface area (TPSA) is 66.0 Å². The van der Waals surface area contributed by atoms with E-state index in [4.69, 9.17) is 4.42 Å². The fraction of sp³-hybridized carbons (Fsp3) is 0.111. The van der Waals surface area contributed by atoms with E-state index in [1.165, 1.54) is 16.3 Å². The van der Waals surface area contributed by atoms with Crippen molar-refractivity contribution in [1.82, 2.24) is 5.01 Å². The number of benzene rings is 1. The molecule has 0 fully saturated rings. The van der Waals surface area contributed by atoms with Gasteiger partial charge in [0.05, 0.1) is 16.9 Å². The van der Waals surface area contributed by atoms with Crippen molar-refractivity contribution in [2.24, 2.45) is 5.10 Å². The summed E-state index contributed by atoms with van der Waals surface area (Å²) in [6.07, 6.45) is 2.16. The Hall–Kier alpha value is -2.86. The van der Waals surface area contributed by atoms with Gasteiger partial charge in [0.15, 0.2) is 0 Å². The van der Waals surface area contributed by atoms with Crippen molar-refractivity contribution < 1.29 is 14.3 Å². The number of rotatable bonds is 3. The Kier molecular flexibility index (Phi) is 3.66. The van der Waals surface area contributed by atoms with Crippen LogP contribution in [-0.2, 0) is 0 Å². The predicted octanol–water partition coefficient (Wildman–Crippen LogP) is 4.04. The zero-order chi connectivity index (χ0) is 16.5. The molecular formula is C18H14N2O3S. The van der Waals surface area contributed by atoms with Crippen LogP contribution in [0.5, 0.6) is 5.75 Å². The molecule has 0 radical (unpaired) electrons. The molecule has 2 aromatic heterocycles. The third-order valence-electron chi connectivity index (χ3n) is 3.92. The molecule has 0 saturated carbocycles. The van der Waals surface area contributed by atoms with E-state index >= 15 is 0 Å². The van der Waals surface area contributed by atoms with Gasteiger partial charge in [-0.15, -0.1) is 11.3 Å². The molecule has 24 heavy (non-hydrogen) atoms. The summed E-state index contributed by atoms with van der Waals surface area (Å²) in [7, 11) is 0.